The summed E-state index contributed by atoms with van der Waals surface area (Å²) in [5.74, 6) is -0.0225. The first kappa shape index (κ1) is 19.0. The Bertz CT molecular complexity index is 977. The van der Waals surface area contributed by atoms with Gasteiger partial charge in [0.1, 0.15) is 12.2 Å². The summed E-state index contributed by atoms with van der Waals surface area (Å²) < 4.78 is 33.4. The van der Waals surface area contributed by atoms with E-state index >= 15 is 0 Å². The van der Waals surface area contributed by atoms with E-state index in [0.717, 1.165) is 17.4 Å². The van der Waals surface area contributed by atoms with Crippen LogP contribution in [0.2, 0.25) is 0 Å². The molecule has 1 aromatic carbocycles. The maximum atomic E-state index is 12.0. The van der Waals surface area contributed by atoms with Crippen LogP contribution in [0.25, 0.3) is 11.0 Å². The number of ether oxygens (including phenoxy) is 1. The van der Waals surface area contributed by atoms with Gasteiger partial charge in [0.15, 0.2) is 9.84 Å². The van der Waals surface area contributed by atoms with E-state index in [1.807, 2.05) is 25.1 Å². The highest BCUT2D eigenvalue weighted by molar-refractivity contribution is 8.02. The summed E-state index contributed by atoms with van der Waals surface area (Å²) in [5, 5.41) is 0.689. The zero-order valence-corrected chi connectivity index (χ0v) is 16.0. The van der Waals surface area contributed by atoms with Crippen LogP contribution in [0.3, 0.4) is 0 Å². The van der Waals surface area contributed by atoms with Crippen molar-refractivity contribution in [1.82, 2.24) is 0 Å². The van der Waals surface area contributed by atoms with E-state index in [9.17, 15) is 18.0 Å². The second kappa shape index (κ2) is 7.84. The Morgan fingerprint density at radius 1 is 1.35 bits per heavy atom. The Morgan fingerprint density at radius 2 is 2.15 bits per heavy atom. The maximum absolute atomic E-state index is 12.0. The molecular formula is C18H20O6S2. The normalized spacial score (nSPS) is 18.9. The molecule has 3 rings (SSSR count). The molecule has 0 radical (unpaired) electrons. The van der Waals surface area contributed by atoms with E-state index in [2.05, 4.69) is 0 Å². The molecule has 1 aliphatic rings. The van der Waals surface area contributed by atoms with Crippen molar-refractivity contribution in [1.29, 1.82) is 0 Å². The number of thioether (sulfide) groups is 1. The SMILES string of the molecule is CCc1ccc2c(COC(=O)CS[C@@H]3CCS(=O)(=O)C3)cc(=O)oc2c1. The van der Waals surface area contributed by atoms with Crippen LogP contribution in [-0.4, -0.2) is 36.9 Å². The van der Waals surface area contributed by atoms with Gasteiger partial charge in [-0.05, 0) is 24.5 Å². The molecule has 2 heterocycles. The Morgan fingerprint density at radius 3 is 2.85 bits per heavy atom. The summed E-state index contributed by atoms with van der Waals surface area (Å²) in [4.78, 5) is 23.7. The molecule has 1 aromatic heterocycles. The van der Waals surface area contributed by atoms with Gasteiger partial charge in [0.25, 0.3) is 0 Å². The van der Waals surface area contributed by atoms with Gasteiger partial charge < -0.3 is 9.15 Å². The van der Waals surface area contributed by atoms with Gasteiger partial charge in [-0.3, -0.25) is 4.79 Å². The Balaban J connectivity index is 1.62. The Kier molecular flexibility index (Phi) is 5.72. The molecule has 1 aliphatic heterocycles. The number of carbonyl (C=O) groups is 1. The van der Waals surface area contributed by atoms with Gasteiger partial charge in [0.2, 0.25) is 0 Å². The van der Waals surface area contributed by atoms with Crippen LogP contribution in [0.1, 0.15) is 24.5 Å². The van der Waals surface area contributed by atoms with E-state index in [-0.39, 0.29) is 29.1 Å². The predicted molar refractivity (Wildman–Crippen MR) is 101 cm³/mol. The summed E-state index contributed by atoms with van der Waals surface area (Å²) in [6, 6.07) is 6.96. The van der Waals surface area contributed by atoms with Crippen LogP contribution in [0.5, 0.6) is 0 Å². The fraction of sp³-hybridized carbons (Fsp3) is 0.444. The van der Waals surface area contributed by atoms with E-state index in [1.54, 1.807) is 0 Å². The van der Waals surface area contributed by atoms with Crippen molar-refractivity contribution in [3.8, 4) is 0 Å². The lowest BCUT2D eigenvalue weighted by atomic mass is 10.1. The highest BCUT2D eigenvalue weighted by Gasteiger charge is 2.28. The molecule has 6 nitrogen and oxygen atoms in total. The number of aryl methyl sites for hydroxylation is 1. The summed E-state index contributed by atoms with van der Waals surface area (Å²) >= 11 is 1.31. The summed E-state index contributed by atoms with van der Waals surface area (Å²) in [5.41, 5.74) is 1.65. The van der Waals surface area contributed by atoms with Gasteiger partial charge in [-0.2, -0.15) is 0 Å². The maximum Gasteiger partial charge on any atom is 0.336 e. The van der Waals surface area contributed by atoms with Crippen LogP contribution in [0.15, 0.2) is 33.5 Å². The largest absolute Gasteiger partial charge is 0.460 e. The summed E-state index contributed by atoms with van der Waals surface area (Å²) in [6.45, 7) is 1.99. The second-order valence-corrected chi connectivity index (χ2v) is 9.79. The number of rotatable bonds is 6. The first-order valence-electron chi connectivity index (χ1n) is 8.39. The average Bonchev–Trinajstić information content (AvgIpc) is 2.96. The summed E-state index contributed by atoms with van der Waals surface area (Å²) in [7, 11) is -2.95. The third-order valence-electron chi connectivity index (χ3n) is 4.32. The fourth-order valence-electron chi connectivity index (χ4n) is 2.89. The molecule has 0 bridgehead atoms. The minimum atomic E-state index is -2.95. The monoisotopic (exact) mass is 396 g/mol. The fourth-order valence-corrected chi connectivity index (χ4v) is 6.33. The predicted octanol–water partition coefficient (Wildman–Crippen LogP) is 2.32. The van der Waals surface area contributed by atoms with Crippen molar-refractivity contribution < 1.29 is 22.4 Å². The van der Waals surface area contributed by atoms with E-state index in [1.165, 1.54) is 17.8 Å². The molecule has 26 heavy (non-hydrogen) atoms. The van der Waals surface area contributed by atoms with Crippen LogP contribution in [0, 0.1) is 0 Å². The molecule has 0 spiro atoms. The van der Waals surface area contributed by atoms with Gasteiger partial charge in [-0.1, -0.05) is 19.1 Å². The van der Waals surface area contributed by atoms with Gasteiger partial charge in [0.05, 0.1) is 17.3 Å². The van der Waals surface area contributed by atoms with Crippen LogP contribution in [0.4, 0.5) is 0 Å². The van der Waals surface area contributed by atoms with E-state index in [4.69, 9.17) is 9.15 Å². The molecule has 0 unspecified atom stereocenters. The minimum Gasteiger partial charge on any atom is -0.460 e. The quantitative estimate of drug-likeness (QED) is 0.547. The lowest BCUT2D eigenvalue weighted by Crippen LogP contribution is -2.13. The standard InChI is InChI=1S/C18H20O6S2/c1-2-12-3-4-15-13(8-17(19)24-16(15)7-12)9-23-18(20)10-25-14-5-6-26(21,22)11-14/h3-4,7-8,14H,2,5-6,9-11H2,1H3/t14-/m1/s1. The summed E-state index contributed by atoms with van der Waals surface area (Å²) in [6.07, 6.45) is 1.40. The lowest BCUT2D eigenvalue weighted by molar-refractivity contribution is -0.141. The molecule has 0 N–H and O–H groups in total. The van der Waals surface area contributed by atoms with Gasteiger partial charge in [-0.15, -0.1) is 11.8 Å². The lowest BCUT2D eigenvalue weighted by Gasteiger charge is -2.09. The van der Waals surface area contributed by atoms with Crippen molar-refractivity contribution in [3.05, 3.63) is 45.8 Å². The molecule has 1 saturated heterocycles. The molecule has 0 amide bonds. The molecule has 0 saturated carbocycles. The Hall–Kier alpha value is -1.80. The average molecular weight is 396 g/mol. The number of sulfone groups is 1. The minimum absolute atomic E-state index is 0.0179. The number of hydrogen-bond acceptors (Lipinski definition) is 7. The topological polar surface area (TPSA) is 90.7 Å². The van der Waals surface area contributed by atoms with Gasteiger partial charge >= 0.3 is 11.6 Å². The molecule has 140 valence electrons. The second-order valence-electron chi connectivity index (χ2n) is 6.27. The van der Waals surface area contributed by atoms with Crippen molar-refractivity contribution in [2.75, 3.05) is 17.3 Å². The molecule has 1 atom stereocenters. The zero-order chi connectivity index (χ0) is 18.7. The van der Waals surface area contributed by atoms with Crippen molar-refractivity contribution in [2.45, 2.75) is 31.6 Å². The highest BCUT2D eigenvalue weighted by Crippen LogP contribution is 2.25. The van der Waals surface area contributed by atoms with Crippen molar-refractivity contribution in [2.24, 2.45) is 0 Å². The molecule has 1 fully saturated rings. The number of fused-ring (bicyclic) bond motifs is 1. The third kappa shape index (κ3) is 4.67. The third-order valence-corrected chi connectivity index (χ3v) is 7.57. The molecule has 8 heteroatoms. The first-order valence-corrected chi connectivity index (χ1v) is 11.3. The first-order chi connectivity index (χ1) is 12.4. The highest BCUT2D eigenvalue weighted by atomic mass is 32.2. The molecular weight excluding hydrogens is 376 g/mol. The zero-order valence-electron chi connectivity index (χ0n) is 14.4. The number of carbonyl (C=O) groups excluding carboxylic acids is 1. The number of esters is 1. The van der Waals surface area contributed by atoms with Gasteiger partial charge in [-0.25, -0.2) is 13.2 Å². The van der Waals surface area contributed by atoms with Crippen LogP contribution < -0.4 is 5.63 Å². The van der Waals surface area contributed by atoms with Crippen LogP contribution >= 0.6 is 11.8 Å². The molecule has 2 aromatic rings. The van der Waals surface area contributed by atoms with Crippen molar-refractivity contribution >= 4 is 38.5 Å². The number of hydrogen-bond donors (Lipinski definition) is 0. The van der Waals surface area contributed by atoms with Crippen LogP contribution in [-0.2, 0) is 32.4 Å². The number of benzene rings is 1. The van der Waals surface area contributed by atoms with E-state index < -0.39 is 21.4 Å². The molecule has 0 aliphatic carbocycles. The van der Waals surface area contributed by atoms with Crippen molar-refractivity contribution in [3.63, 3.8) is 0 Å². The van der Waals surface area contributed by atoms with Gasteiger partial charge in [0, 0.05) is 22.3 Å². The van der Waals surface area contributed by atoms with E-state index in [0.29, 0.717) is 17.6 Å². The smallest absolute Gasteiger partial charge is 0.336 e. The Labute approximate surface area is 155 Å².